The van der Waals surface area contributed by atoms with Gasteiger partial charge in [0.2, 0.25) is 0 Å². The van der Waals surface area contributed by atoms with E-state index in [1.54, 1.807) is 17.2 Å². The highest BCUT2D eigenvalue weighted by molar-refractivity contribution is 5.65. The molecule has 0 heterocycles. The van der Waals surface area contributed by atoms with Gasteiger partial charge in [-0.15, -0.1) is 0 Å². The van der Waals surface area contributed by atoms with Crippen molar-refractivity contribution in [1.82, 2.24) is 0 Å². The minimum absolute atomic E-state index is 0.365. The van der Waals surface area contributed by atoms with Gasteiger partial charge >= 0.3 is 0 Å². The van der Waals surface area contributed by atoms with Gasteiger partial charge in [-0.1, -0.05) is 30.6 Å². The van der Waals surface area contributed by atoms with E-state index in [1.165, 1.54) is 24.8 Å². The molecule has 0 amide bonds. The van der Waals surface area contributed by atoms with Crippen LogP contribution in [0.2, 0.25) is 0 Å². The molecule has 0 aromatic heterocycles. The van der Waals surface area contributed by atoms with Crippen LogP contribution >= 0.6 is 0 Å². The van der Waals surface area contributed by atoms with Gasteiger partial charge in [0.1, 0.15) is 6.29 Å². The van der Waals surface area contributed by atoms with Crippen LogP contribution in [0, 0.1) is 5.41 Å². The molecule has 0 aromatic carbocycles. The lowest BCUT2D eigenvalue weighted by atomic mass is 9.71. The van der Waals surface area contributed by atoms with Crippen LogP contribution in [0.5, 0.6) is 0 Å². The minimum Gasteiger partial charge on any atom is -0.299 e. The number of carbonyl (C=O) groups is 1. The molecule has 0 radical (unpaired) electrons. The van der Waals surface area contributed by atoms with Crippen LogP contribution in [0.4, 0.5) is 0 Å². The van der Waals surface area contributed by atoms with Crippen molar-refractivity contribution in [1.29, 1.82) is 0 Å². The molecular formula is C15H24O. The van der Waals surface area contributed by atoms with Crippen LogP contribution in [0.15, 0.2) is 22.8 Å². The molecule has 90 valence electrons. The summed E-state index contributed by atoms with van der Waals surface area (Å²) in [6.07, 6.45) is 8.61. The van der Waals surface area contributed by atoms with Gasteiger partial charge in [-0.2, -0.15) is 0 Å². The Kier molecular flexibility index (Phi) is 4.52. The van der Waals surface area contributed by atoms with E-state index in [0.717, 1.165) is 19.1 Å². The summed E-state index contributed by atoms with van der Waals surface area (Å²) in [5.41, 5.74) is 4.76. The first-order chi connectivity index (χ1) is 7.47. The molecular weight excluding hydrogens is 196 g/mol. The molecule has 0 spiro atoms. The lowest BCUT2D eigenvalue weighted by Crippen LogP contribution is -2.20. The molecule has 0 saturated carbocycles. The molecule has 0 N–H and O–H groups in total. The normalized spacial score (nSPS) is 21.1. The highest BCUT2D eigenvalue weighted by atomic mass is 16.1. The summed E-state index contributed by atoms with van der Waals surface area (Å²) < 4.78 is 0. The van der Waals surface area contributed by atoms with Crippen molar-refractivity contribution in [3.8, 4) is 0 Å². The maximum absolute atomic E-state index is 10.4. The molecule has 0 saturated heterocycles. The first kappa shape index (κ1) is 13.2. The van der Waals surface area contributed by atoms with Crippen molar-refractivity contribution in [2.24, 2.45) is 5.41 Å². The van der Waals surface area contributed by atoms with Gasteiger partial charge < -0.3 is 0 Å². The first-order valence-electron chi connectivity index (χ1n) is 6.27. The van der Waals surface area contributed by atoms with E-state index in [4.69, 9.17) is 0 Å². The standard InChI is InChI=1S/C15H24O/c1-12(9-11-16)7-8-14-13(2)6-5-10-15(14,3)4/h9,11H,5-8,10H2,1-4H3. The second kappa shape index (κ2) is 5.47. The average Bonchev–Trinajstić information content (AvgIpc) is 2.16. The fraction of sp³-hybridized carbons (Fsp3) is 0.667. The van der Waals surface area contributed by atoms with Gasteiger partial charge in [-0.3, -0.25) is 4.79 Å². The largest absolute Gasteiger partial charge is 0.299 e. The number of hydrogen-bond acceptors (Lipinski definition) is 1. The van der Waals surface area contributed by atoms with E-state index in [9.17, 15) is 4.79 Å². The Hall–Kier alpha value is -0.850. The molecule has 0 bridgehead atoms. The zero-order valence-corrected chi connectivity index (χ0v) is 11.1. The monoisotopic (exact) mass is 220 g/mol. The van der Waals surface area contributed by atoms with Crippen LogP contribution in [0.1, 0.15) is 59.8 Å². The highest BCUT2D eigenvalue weighted by Crippen LogP contribution is 2.42. The molecule has 1 aliphatic rings. The molecule has 1 heteroatoms. The van der Waals surface area contributed by atoms with Crippen LogP contribution in [-0.2, 0) is 4.79 Å². The van der Waals surface area contributed by atoms with Gasteiger partial charge in [0.05, 0.1) is 0 Å². The maximum Gasteiger partial charge on any atom is 0.142 e. The molecule has 16 heavy (non-hydrogen) atoms. The Morgan fingerprint density at radius 2 is 2.12 bits per heavy atom. The Balaban J connectivity index is 2.71. The molecule has 0 aliphatic heterocycles. The summed E-state index contributed by atoms with van der Waals surface area (Å²) >= 11 is 0. The highest BCUT2D eigenvalue weighted by Gasteiger charge is 2.27. The van der Waals surface area contributed by atoms with Crippen LogP contribution in [0.3, 0.4) is 0 Å². The molecule has 0 unspecified atom stereocenters. The Morgan fingerprint density at radius 3 is 2.69 bits per heavy atom. The zero-order chi connectivity index (χ0) is 12.2. The van der Waals surface area contributed by atoms with E-state index in [-0.39, 0.29) is 0 Å². The second-order valence-electron chi connectivity index (χ2n) is 5.65. The maximum atomic E-state index is 10.4. The number of hydrogen-bond donors (Lipinski definition) is 0. The molecule has 1 rings (SSSR count). The van der Waals surface area contributed by atoms with Crippen LogP contribution in [-0.4, -0.2) is 6.29 Å². The third-order valence-corrected chi connectivity index (χ3v) is 3.81. The fourth-order valence-electron chi connectivity index (χ4n) is 2.75. The minimum atomic E-state index is 0.365. The number of rotatable bonds is 4. The smallest absolute Gasteiger partial charge is 0.142 e. The van der Waals surface area contributed by atoms with Gasteiger partial charge in [0.25, 0.3) is 0 Å². The molecule has 0 atom stereocenters. The Bertz CT molecular complexity index is 318. The van der Waals surface area contributed by atoms with E-state index < -0.39 is 0 Å². The summed E-state index contributed by atoms with van der Waals surface area (Å²) in [4.78, 5) is 10.4. The van der Waals surface area contributed by atoms with E-state index in [2.05, 4.69) is 20.8 Å². The van der Waals surface area contributed by atoms with Crippen molar-refractivity contribution in [3.63, 3.8) is 0 Å². The molecule has 1 aliphatic carbocycles. The number of aldehydes is 1. The van der Waals surface area contributed by atoms with Crippen molar-refractivity contribution in [2.45, 2.75) is 59.8 Å². The van der Waals surface area contributed by atoms with E-state index in [0.29, 0.717) is 5.41 Å². The third-order valence-electron chi connectivity index (χ3n) is 3.81. The summed E-state index contributed by atoms with van der Waals surface area (Å²) in [6.45, 7) is 9.02. The van der Waals surface area contributed by atoms with E-state index >= 15 is 0 Å². The van der Waals surface area contributed by atoms with Gasteiger partial charge in [-0.05, 0) is 57.4 Å². The van der Waals surface area contributed by atoms with Crippen molar-refractivity contribution >= 4 is 6.29 Å². The lowest BCUT2D eigenvalue weighted by molar-refractivity contribution is -0.104. The molecule has 0 fully saturated rings. The van der Waals surface area contributed by atoms with Crippen molar-refractivity contribution in [2.75, 3.05) is 0 Å². The first-order valence-corrected chi connectivity index (χ1v) is 6.27. The van der Waals surface area contributed by atoms with Gasteiger partial charge in [0, 0.05) is 0 Å². The van der Waals surface area contributed by atoms with Gasteiger partial charge in [-0.25, -0.2) is 0 Å². The van der Waals surface area contributed by atoms with Crippen LogP contribution in [0.25, 0.3) is 0 Å². The topological polar surface area (TPSA) is 17.1 Å². The summed E-state index contributed by atoms with van der Waals surface area (Å²) in [5.74, 6) is 0. The summed E-state index contributed by atoms with van der Waals surface area (Å²) in [5, 5.41) is 0. The predicted octanol–water partition coefficient (Wildman–Crippen LogP) is 4.44. The summed E-state index contributed by atoms with van der Waals surface area (Å²) in [6, 6.07) is 0. The number of carbonyl (C=O) groups excluding carboxylic acids is 1. The predicted molar refractivity (Wildman–Crippen MR) is 69.4 cm³/mol. The van der Waals surface area contributed by atoms with Gasteiger partial charge in [0.15, 0.2) is 0 Å². The summed E-state index contributed by atoms with van der Waals surface area (Å²) in [7, 11) is 0. The lowest BCUT2D eigenvalue weighted by Gasteiger charge is -2.34. The van der Waals surface area contributed by atoms with Crippen molar-refractivity contribution in [3.05, 3.63) is 22.8 Å². The van der Waals surface area contributed by atoms with E-state index in [1.807, 2.05) is 6.92 Å². The van der Waals surface area contributed by atoms with Crippen LogP contribution < -0.4 is 0 Å². The average molecular weight is 220 g/mol. The molecule has 0 aromatic rings. The second-order valence-corrected chi connectivity index (χ2v) is 5.65. The third kappa shape index (κ3) is 3.33. The zero-order valence-electron chi connectivity index (χ0n) is 11.1. The Morgan fingerprint density at radius 1 is 1.44 bits per heavy atom. The molecule has 1 nitrogen and oxygen atoms in total. The fourth-order valence-corrected chi connectivity index (χ4v) is 2.75. The van der Waals surface area contributed by atoms with Crippen molar-refractivity contribution < 1.29 is 4.79 Å². The number of allylic oxidation sites excluding steroid dienone is 4. The SMILES string of the molecule is CC(=CC=O)CCC1=C(C)CCCC1(C)C. The Labute approximate surface area is 99.6 Å². The quantitative estimate of drug-likeness (QED) is 0.389.